The number of ether oxygens (including phenoxy) is 1. The standard InChI is InChI=1S/C15H19N3OS/c1-19-13-8-7-12-14(17-13)18(15(20)16-12)10-9-11-5-3-2-4-6-11/h5,7-8H,2-4,6,9-10H2,1H3,(H,16,20). The third-order valence-corrected chi connectivity index (χ3v) is 4.17. The van der Waals surface area contributed by atoms with E-state index in [0.29, 0.717) is 5.88 Å². The van der Waals surface area contributed by atoms with Gasteiger partial charge in [-0.2, -0.15) is 4.98 Å². The molecule has 0 atom stereocenters. The smallest absolute Gasteiger partial charge is 0.215 e. The highest BCUT2D eigenvalue weighted by Crippen LogP contribution is 2.22. The number of H-pyrrole nitrogens is 1. The van der Waals surface area contributed by atoms with Gasteiger partial charge in [0.25, 0.3) is 0 Å². The minimum Gasteiger partial charge on any atom is -0.481 e. The van der Waals surface area contributed by atoms with E-state index in [9.17, 15) is 0 Å². The average Bonchev–Trinajstić information content (AvgIpc) is 2.80. The Morgan fingerprint density at radius 2 is 2.30 bits per heavy atom. The summed E-state index contributed by atoms with van der Waals surface area (Å²) in [5, 5.41) is 0. The molecule has 1 N–H and O–H groups in total. The summed E-state index contributed by atoms with van der Waals surface area (Å²) in [4.78, 5) is 7.71. The van der Waals surface area contributed by atoms with Crippen LogP contribution in [0.5, 0.6) is 5.88 Å². The van der Waals surface area contributed by atoms with Gasteiger partial charge in [-0.05, 0) is 50.4 Å². The highest BCUT2D eigenvalue weighted by atomic mass is 32.1. The summed E-state index contributed by atoms with van der Waals surface area (Å²) in [5.41, 5.74) is 3.40. The molecular formula is C15H19N3OS. The van der Waals surface area contributed by atoms with Gasteiger partial charge in [0.2, 0.25) is 5.88 Å². The van der Waals surface area contributed by atoms with E-state index in [-0.39, 0.29) is 0 Å². The summed E-state index contributed by atoms with van der Waals surface area (Å²) in [6.07, 6.45) is 8.54. The Morgan fingerprint density at radius 3 is 3.05 bits per heavy atom. The second-order valence-electron chi connectivity index (χ2n) is 5.16. The Morgan fingerprint density at radius 1 is 1.40 bits per heavy atom. The number of allylic oxidation sites excluding steroid dienone is 2. The van der Waals surface area contributed by atoms with Crippen LogP contribution in [0.4, 0.5) is 0 Å². The molecule has 2 heterocycles. The SMILES string of the molecule is COc1ccc2[nH]c(=S)n(CCC3=CCCCC3)c2n1. The zero-order valence-corrected chi connectivity index (χ0v) is 12.5. The van der Waals surface area contributed by atoms with Gasteiger partial charge in [0.1, 0.15) is 0 Å². The Balaban J connectivity index is 1.88. The predicted octanol–water partition coefficient (Wildman–Crippen LogP) is 3.99. The van der Waals surface area contributed by atoms with Crippen molar-refractivity contribution in [1.29, 1.82) is 0 Å². The fourth-order valence-electron chi connectivity index (χ4n) is 2.72. The van der Waals surface area contributed by atoms with Crippen LogP contribution in [0, 0.1) is 4.77 Å². The van der Waals surface area contributed by atoms with Gasteiger partial charge in [-0.1, -0.05) is 11.6 Å². The average molecular weight is 289 g/mol. The number of aryl methyl sites for hydroxylation is 1. The van der Waals surface area contributed by atoms with Crippen LogP contribution in [0.15, 0.2) is 23.8 Å². The maximum Gasteiger partial charge on any atom is 0.215 e. The number of imidazole rings is 1. The third kappa shape index (κ3) is 2.63. The molecule has 1 aliphatic carbocycles. The molecule has 1 aliphatic rings. The first-order valence-electron chi connectivity index (χ1n) is 7.09. The molecule has 20 heavy (non-hydrogen) atoms. The molecule has 2 aromatic rings. The van der Waals surface area contributed by atoms with Crippen molar-refractivity contribution in [3.05, 3.63) is 28.6 Å². The van der Waals surface area contributed by atoms with E-state index in [2.05, 4.69) is 20.6 Å². The van der Waals surface area contributed by atoms with E-state index in [0.717, 1.165) is 28.9 Å². The number of nitrogens with zero attached hydrogens (tertiary/aromatic N) is 2. The first-order valence-corrected chi connectivity index (χ1v) is 7.50. The van der Waals surface area contributed by atoms with E-state index >= 15 is 0 Å². The van der Waals surface area contributed by atoms with E-state index in [1.54, 1.807) is 12.7 Å². The molecule has 0 amide bonds. The monoisotopic (exact) mass is 289 g/mol. The molecule has 0 saturated carbocycles. The number of nitrogens with one attached hydrogen (secondary N) is 1. The number of aromatic amines is 1. The first-order chi connectivity index (χ1) is 9.78. The summed E-state index contributed by atoms with van der Waals surface area (Å²) in [7, 11) is 1.63. The van der Waals surface area contributed by atoms with E-state index in [4.69, 9.17) is 17.0 Å². The minimum atomic E-state index is 0.622. The summed E-state index contributed by atoms with van der Waals surface area (Å²) in [6, 6.07) is 3.81. The number of rotatable bonds is 4. The molecular weight excluding hydrogens is 270 g/mol. The molecule has 0 fully saturated rings. The van der Waals surface area contributed by atoms with Crippen LogP contribution in [0.1, 0.15) is 32.1 Å². The van der Waals surface area contributed by atoms with Crippen molar-refractivity contribution in [2.45, 2.75) is 38.6 Å². The van der Waals surface area contributed by atoms with Crippen molar-refractivity contribution in [3.63, 3.8) is 0 Å². The van der Waals surface area contributed by atoms with Crippen molar-refractivity contribution in [1.82, 2.24) is 14.5 Å². The second-order valence-corrected chi connectivity index (χ2v) is 5.55. The molecule has 0 unspecified atom stereocenters. The Labute approximate surface area is 123 Å². The van der Waals surface area contributed by atoms with Gasteiger partial charge in [0.05, 0.1) is 12.6 Å². The Hall–Kier alpha value is -1.62. The lowest BCUT2D eigenvalue weighted by atomic mass is 9.97. The van der Waals surface area contributed by atoms with Crippen LogP contribution in [-0.4, -0.2) is 21.6 Å². The fourth-order valence-corrected chi connectivity index (χ4v) is 3.01. The van der Waals surface area contributed by atoms with Crippen LogP contribution < -0.4 is 4.74 Å². The summed E-state index contributed by atoms with van der Waals surface area (Å²) in [6.45, 7) is 0.880. The zero-order valence-electron chi connectivity index (χ0n) is 11.7. The number of aromatic nitrogens is 3. The molecule has 0 spiro atoms. The molecule has 0 bridgehead atoms. The van der Waals surface area contributed by atoms with E-state index in [1.165, 1.54) is 25.7 Å². The Kier molecular flexibility index (Phi) is 3.87. The lowest BCUT2D eigenvalue weighted by Gasteiger charge is -2.13. The molecule has 0 aromatic carbocycles. The molecule has 3 rings (SSSR count). The highest BCUT2D eigenvalue weighted by Gasteiger charge is 2.09. The maximum atomic E-state index is 5.41. The van der Waals surface area contributed by atoms with E-state index in [1.807, 2.05) is 12.1 Å². The van der Waals surface area contributed by atoms with Crippen LogP contribution in [0.2, 0.25) is 0 Å². The number of hydrogen-bond acceptors (Lipinski definition) is 3. The van der Waals surface area contributed by atoms with Crippen LogP contribution in [0.3, 0.4) is 0 Å². The maximum absolute atomic E-state index is 5.41. The third-order valence-electron chi connectivity index (χ3n) is 3.84. The normalized spacial score (nSPS) is 15.3. The molecule has 0 saturated heterocycles. The first kappa shape index (κ1) is 13.4. The molecule has 106 valence electrons. The molecule has 0 aliphatic heterocycles. The number of fused-ring (bicyclic) bond motifs is 1. The minimum absolute atomic E-state index is 0.622. The van der Waals surface area contributed by atoms with Crippen molar-refractivity contribution >= 4 is 23.4 Å². The Bertz CT molecular complexity index is 699. The zero-order chi connectivity index (χ0) is 13.9. The van der Waals surface area contributed by atoms with E-state index < -0.39 is 0 Å². The molecule has 4 nitrogen and oxygen atoms in total. The van der Waals surface area contributed by atoms with Gasteiger partial charge in [-0.3, -0.25) is 0 Å². The van der Waals surface area contributed by atoms with Crippen LogP contribution in [0.25, 0.3) is 11.2 Å². The molecule has 0 radical (unpaired) electrons. The van der Waals surface area contributed by atoms with Crippen molar-refractivity contribution < 1.29 is 4.74 Å². The lowest BCUT2D eigenvalue weighted by molar-refractivity contribution is 0.399. The summed E-state index contributed by atoms with van der Waals surface area (Å²) >= 11 is 5.41. The van der Waals surface area contributed by atoms with Crippen molar-refractivity contribution in [3.8, 4) is 5.88 Å². The lowest BCUT2D eigenvalue weighted by Crippen LogP contribution is -2.02. The number of pyridine rings is 1. The van der Waals surface area contributed by atoms with Crippen LogP contribution >= 0.6 is 12.2 Å². The highest BCUT2D eigenvalue weighted by molar-refractivity contribution is 7.71. The molecule has 2 aromatic heterocycles. The molecule has 5 heteroatoms. The van der Waals surface area contributed by atoms with Crippen molar-refractivity contribution in [2.24, 2.45) is 0 Å². The quantitative estimate of drug-likeness (QED) is 0.683. The fraction of sp³-hybridized carbons (Fsp3) is 0.467. The number of methoxy groups -OCH3 is 1. The van der Waals surface area contributed by atoms with Gasteiger partial charge in [0, 0.05) is 12.6 Å². The number of hydrogen-bond donors (Lipinski definition) is 1. The van der Waals surface area contributed by atoms with Gasteiger partial charge in [0.15, 0.2) is 10.4 Å². The van der Waals surface area contributed by atoms with Gasteiger partial charge < -0.3 is 14.3 Å². The predicted molar refractivity (Wildman–Crippen MR) is 82.6 cm³/mol. The second kappa shape index (κ2) is 5.79. The van der Waals surface area contributed by atoms with Crippen molar-refractivity contribution in [2.75, 3.05) is 7.11 Å². The van der Waals surface area contributed by atoms with Gasteiger partial charge >= 0.3 is 0 Å². The van der Waals surface area contributed by atoms with Crippen LogP contribution in [-0.2, 0) is 6.54 Å². The van der Waals surface area contributed by atoms with Gasteiger partial charge in [-0.25, -0.2) is 0 Å². The summed E-state index contributed by atoms with van der Waals surface area (Å²) < 4.78 is 8.00. The largest absolute Gasteiger partial charge is 0.481 e. The van der Waals surface area contributed by atoms with Gasteiger partial charge in [-0.15, -0.1) is 0 Å². The topological polar surface area (TPSA) is 42.8 Å². The summed E-state index contributed by atoms with van der Waals surface area (Å²) in [5.74, 6) is 0.622.